The molecule has 1 fully saturated rings. The Morgan fingerprint density at radius 1 is 1.36 bits per heavy atom. The van der Waals surface area contributed by atoms with E-state index in [0.717, 1.165) is 4.90 Å². The summed E-state index contributed by atoms with van der Waals surface area (Å²) in [4.78, 5) is 27.1. The molecule has 6 heteroatoms. The van der Waals surface area contributed by atoms with Gasteiger partial charge in [-0.05, 0) is 44.2 Å². The van der Waals surface area contributed by atoms with Gasteiger partial charge in [-0.2, -0.15) is 0 Å². The second kappa shape index (κ2) is 7.88. The highest BCUT2D eigenvalue weighted by Gasteiger charge is 2.29. The Morgan fingerprint density at radius 3 is 2.64 bits per heavy atom. The molecule has 2 rings (SSSR count). The van der Waals surface area contributed by atoms with Gasteiger partial charge in [0.05, 0.1) is 23.1 Å². The molecular weight excluding hydrogens is 322 g/mol. The third-order valence-corrected chi connectivity index (χ3v) is 4.86. The van der Waals surface area contributed by atoms with Crippen LogP contribution in [0.15, 0.2) is 23.1 Å². The summed E-state index contributed by atoms with van der Waals surface area (Å²) in [5, 5.41) is 0.468. The maximum atomic E-state index is 12.6. The summed E-state index contributed by atoms with van der Waals surface area (Å²) in [6.07, 6.45) is 3.25. The molecule has 0 aliphatic carbocycles. The van der Waals surface area contributed by atoms with Crippen molar-refractivity contribution in [3.8, 4) is 0 Å². The largest absolute Gasteiger partial charge is 0.466 e. The van der Waals surface area contributed by atoms with E-state index in [1.165, 1.54) is 0 Å². The van der Waals surface area contributed by atoms with Gasteiger partial charge in [0, 0.05) is 18.0 Å². The summed E-state index contributed by atoms with van der Waals surface area (Å²) in [7, 11) is 0. The zero-order valence-corrected chi connectivity index (χ0v) is 14.4. The number of carbonyl (C=O) groups excluding carboxylic acids is 2. The highest BCUT2D eigenvalue weighted by Crippen LogP contribution is 2.26. The second-order valence-corrected chi connectivity index (χ2v) is 6.45. The molecule has 0 bridgehead atoms. The van der Waals surface area contributed by atoms with Crippen LogP contribution in [0.25, 0.3) is 0 Å². The number of esters is 1. The number of rotatable bonds is 4. The van der Waals surface area contributed by atoms with Gasteiger partial charge in [0.15, 0.2) is 0 Å². The summed E-state index contributed by atoms with van der Waals surface area (Å²) in [6.45, 7) is 3.32. The number of hydrogen-bond acceptors (Lipinski definition) is 4. The van der Waals surface area contributed by atoms with Crippen molar-refractivity contribution in [2.24, 2.45) is 5.92 Å². The molecule has 0 unspecified atom stereocenters. The quantitative estimate of drug-likeness (QED) is 0.621. The first-order chi connectivity index (χ1) is 10.6. The average Bonchev–Trinajstić information content (AvgIpc) is 2.55. The van der Waals surface area contributed by atoms with Crippen molar-refractivity contribution in [2.75, 3.05) is 26.0 Å². The Balaban J connectivity index is 2.02. The van der Waals surface area contributed by atoms with E-state index in [0.29, 0.717) is 43.1 Å². The lowest BCUT2D eigenvalue weighted by atomic mass is 9.96. The lowest BCUT2D eigenvalue weighted by Crippen LogP contribution is -2.40. The van der Waals surface area contributed by atoms with E-state index < -0.39 is 0 Å². The van der Waals surface area contributed by atoms with E-state index in [1.807, 2.05) is 18.4 Å². The van der Waals surface area contributed by atoms with Crippen molar-refractivity contribution >= 4 is 35.2 Å². The van der Waals surface area contributed by atoms with Crippen molar-refractivity contribution in [1.82, 2.24) is 4.90 Å². The first-order valence-electron chi connectivity index (χ1n) is 7.36. The van der Waals surface area contributed by atoms with E-state index in [2.05, 4.69) is 0 Å². The van der Waals surface area contributed by atoms with E-state index in [-0.39, 0.29) is 17.8 Å². The minimum Gasteiger partial charge on any atom is -0.466 e. The third-order valence-electron chi connectivity index (χ3n) is 3.81. The number of likely N-dealkylation sites (tertiary alicyclic amines) is 1. The van der Waals surface area contributed by atoms with Gasteiger partial charge in [0.25, 0.3) is 5.91 Å². The van der Waals surface area contributed by atoms with Gasteiger partial charge in [-0.1, -0.05) is 11.6 Å². The van der Waals surface area contributed by atoms with Crippen LogP contribution >= 0.6 is 23.4 Å². The topological polar surface area (TPSA) is 46.6 Å². The van der Waals surface area contributed by atoms with Crippen LogP contribution in [0.5, 0.6) is 0 Å². The van der Waals surface area contributed by atoms with Crippen LogP contribution in [0.4, 0.5) is 0 Å². The number of amides is 1. The first kappa shape index (κ1) is 17.2. The second-order valence-electron chi connectivity index (χ2n) is 5.16. The maximum absolute atomic E-state index is 12.6. The minimum atomic E-state index is -0.156. The number of hydrogen-bond donors (Lipinski definition) is 0. The van der Waals surface area contributed by atoms with Crippen LogP contribution < -0.4 is 0 Å². The van der Waals surface area contributed by atoms with Crippen LogP contribution in [0, 0.1) is 5.92 Å². The molecule has 0 aromatic heterocycles. The summed E-state index contributed by atoms with van der Waals surface area (Å²) in [5.74, 6) is -0.322. The molecule has 1 aromatic carbocycles. The predicted octanol–water partition coefficient (Wildman–Crippen LogP) is 3.48. The molecule has 0 spiro atoms. The van der Waals surface area contributed by atoms with Crippen molar-refractivity contribution in [3.05, 3.63) is 28.8 Å². The summed E-state index contributed by atoms with van der Waals surface area (Å²) >= 11 is 7.73. The van der Waals surface area contributed by atoms with Gasteiger partial charge in [-0.15, -0.1) is 11.8 Å². The third kappa shape index (κ3) is 3.96. The van der Waals surface area contributed by atoms with Crippen LogP contribution in [-0.2, 0) is 9.53 Å². The molecule has 1 aromatic rings. The number of benzene rings is 1. The molecule has 120 valence electrons. The standard InChI is InChI=1S/C16H20ClNO3S/c1-3-21-16(20)11-6-8-18(9-7-11)15(19)13-10-12(22-2)4-5-14(13)17/h4-5,10-11H,3,6-9H2,1-2H3. The lowest BCUT2D eigenvalue weighted by Gasteiger charge is -2.31. The Bertz CT molecular complexity index is 556. The molecular formula is C16H20ClNO3S. The molecule has 22 heavy (non-hydrogen) atoms. The molecule has 0 atom stereocenters. The number of nitrogens with zero attached hydrogens (tertiary/aromatic N) is 1. The summed E-state index contributed by atoms with van der Waals surface area (Å²) in [6, 6.07) is 5.48. The van der Waals surface area contributed by atoms with E-state index in [4.69, 9.17) is 16.3 Å². The average molecular weight is 342 g/mol. The fourth-order valence-electron chi connectivity index (χ4n) is 2.54. The zero-order valence-electron chi connectivity index (χ0n) is 12.8. The van der Waals surface area contributed by atoms with E-state index in [9.17, 15) is 9.59 Å². The van der Waals surface area contributed by atoms with Crippen molar-refractivity contribution in [2.45, 2.75) is 24.7 Å². The molecule has 1 heterocycles. The van der Waals surface area contributed by atoms with Gasteiger partial charge in [0.2, 0.25) is 0 Å². The van der Waals surface area contributed by atoms with Crippen LogP contribution in [-0.4, -0.2) is 42.7 Å². The first-order valence-corrected chi connectivity index (χ1v) is 8.96. The number of piperidine rings is 1. The highest BCUT2D eigenvalue weighted by atomic mass is 35.5. The molecule has 0 radical (unpaired) electrons. The van der Waals surface area contributed by atoms with Gasteiger partial charge in [0.1, 0.15) is 0 Å². The van der Waals surface area contributed by atoms with Crippen molar-refractivity contribution < 1.29 is 14.3 Å². The fourth-order valence-corrected chi connectivity index (χ4v) is 3.18. The van der Waals surface area contributed by atoms with Gasteiger partial charge in [-0.25, -0.2) is 0 Å². The van der Waals surface area contributed by atoms with Crippen molar-refractivity contribution in [1.29, 1.82) is 0 Å². The van der Waals surface area contributed by atoms with Crippen LogP contribution in [0.2, 0.25) is 5.02 Å². The molecule has 1 saturated heterocycles. The smallest absolute Gasteiger partial charge is 0.309 e. The summed E-state index contributed by atoms with van der Waals surface area (Å²) < 4.78 is 5.04. The number of carbonyl (C=O) groups is 2. The number of halogens is 1. The van der Waals surface area contributed by atoms with Crippen molar-refractivity contribution in [3.63, 3.8) is 0 Å². The van der Waals surface area contributed by atoms with E-state index in [1.54, 1.807) is 29.7 Å². The maximum Gasteiger partial charge on any atom is 0.309 e. The summed E-state index contributed by atoms with van der Waals surface area (Å²) in [5.41, 5.74) is 0.531. The number of ether oxygens (including phenoxy) is 1. The molecule has 1 amide bonds. The normalized spacial score (nSPS) is 15.7. The molecule has 0 saturated carbocycles. The highest BCUT2D eigenvalue weighted by molar-refractivity contribution is 7.98. The minimum absolute atomic E-state index is 0.0665. The SMILES string of the molecule is CCOC(=O)C1CCN(C(=O)c2cc(SC)ccc2Cl)CC1. The molecule has 0 N–H and O–H groups in total. The van der Waals surface area contributed by atoms with Crippen LogP contribution in [0.3, 0.4) is 0 Å². The Morgan fingerprint density at radius 2 is 2.05 bits per heavy atom. The van der Waals surface area contributed by atoms with Crippen LogP contribution in [0.1, 0.15) is 30.1 Å². The number of thioether (sulfide) groups is 1. The predicted molar refractivity (Wildman–Crippen MR) is 88.5 cm³/mol. The van der Waals surface area contributed by atoms with Gasteiger partial charge < -0.3 is 9.64 Å². The molecule has 1 aliphatic heterocycles. The zero-order chi connectivity index (χ0) is 16.1. The van der Waals surface area contributed by atoms with Gasteiger partial charge >= 0.3 is 5.97 Å². The molecule has 4 nitrogen and oxygen atoms in total. The van der Waals surface area contributed by atoms with Gasteiger partial charge in [-0.3, -0.25) is 9.59 Å². The van der Waals surface area contributed by atoms with E-state index >= 15 is 0 Å². The Kier molecular flexibility index (Phi) is 6.15. The molecule has 1 aliphatic rings. The Labute approximate surface area is 140 Å². The fraction of sp³-hybridized carbons (Fsp3) is 0.500. The monoisotopic (exact) mass is 341 g/mol. The Hall–Kier alpha value is -1.20. The lowest BCUT2D eigenvalue weighted by molar-refractivity contribution is -0.149.